The van der Waals surface area contributed by atoms with Gasteiger partial charge in [-0.05, 0) is 27.7 Å². The molecule has 0 aromatic carbocycles. The van der Waals surface area contributed by atoms with Crippen molar-refractivity contribution in [2.45, 2.75) is 69.5 Å². The average molecular weight is 272 g/mol. The first-order valence-corrected chi connectivity index (χ1v) is 6.78. The van der Waals surface area contributed by atoms with Crippen molar-refractivity contribution in [2.75, 3.05) is 13.2 Å². The van der Waals surface area contributed by atoms with Crippen LogP contribution in [0.25, 0.3) is 0 Å². The third-order valence-electron chi connectivity index (χ3n) is 4.15. The molecule has 4 aliphatic heterocycles. The molecule has 4 aliphatic rings. The van der Waals surface area contributed by atoms with E-state index in [-0.39, 0.29) is 24.6 Å². The minimum Gasteiger partial charge on any atom is -0.364 e. The van der Waals surface area contributed by atoms with Gasteiger partial charge in [-0.25, -0.2) is 0 Å². The second-order valence-corrected chi connectivity index (χ2v) is 6.59. The van der Waals surface area contributed by atoms with Crippen molar-refractivity contribution in [2.24, 2.45) is 0 Å². The Hall–Kier alpha value is -0.240. The Morgan fingerprint density at radius 2 is 1.58 bits per heavy atom. The summed E-state index contributed by atoms with van der Waals surface area (Å²) < 4.78 is 34.9. The zero-order valence-corrected chi connectivity index (χ0v) is 11.7. The van der Waals surface area contributed by atoms with Crippen molar-refractivity contribution >= 4 is 0 Å². The fourth-order valence-corrected chi connectivity index (χ4v) is 3.26. The summed E-state index contributed by atoms with van der Waals surface area (Å²) in [5.74, 6) is -1.19. The van der Waals surface area contributed by atoms with Crippen molar-refractivity contribution in [3.8, 4) is 0 Å². The van der Waals surface area contributed by atoms with E-state index in [2.05, 4.69) is 0 Å². The van der Waals surface area contributed by atoms with Crippen molar-refractivity contribution in [1.29, 1.82) is 0 Å². The Morgan fingerprint density at radius 1 is 0.842 bits per heavy atom. The minimum atomic E-state index is -0.619. The second-order valence-electron chi connectivity index (χ2n) is 6.59. The summed E-state index contributed by atoms with van der Waals surface area (Å²) in [6, 6.07) is 0. The number of hydrogen-bond donors (Lipinski definition) is 0. The molecule has 0 bridgehead atoms. The van der Waals surface area contributed by atoms with Crippen LogP contribution in [0, 0.1) is 0 Å². The highest BCUT2D eigenvalue weighted by molar-refractivity contribution is 5.16. The third kappa shape index (κ3) is 1.78. The van der Waals surface area contributed by atoms with Crippen LogP contribution < -0.4 is 0 Å². The van der Waals surface area contributed by atoms with Gasteiger partial charge in [0, 0.05) is 0 Å². The minimum absolute atomic E-state index is 0.140. The van der Waals surface area contributed by atoms with Crippen LogP contribution in [0.5, 0.6) is 0 Å². The molecule has 0 aromatic rings. The molecule has 0 radical (unpaired) electrons. The Balaban J connectivity index is 1.55. The first-order chi connectivity index (χ1) is 8.81. The standard InChI is InChI=1S/C13H20O6/c1-11(2)14-5-7(17-11)8-13(6-15-13)9-10(16-8)19-12(3,4)18-9/h7-10H,5-6H2,1-4H3/t7?,8-,9+,10-,13-/m1/s1. The molecule has 0 amide bonds. The zero-order chi connectivity index (χ0) is 13.5. The molecular weight excluding hydrogens is 252 g/mol. The predicted molar refractivity (Wildman–Crippen MR) is 62.3 cm³/mol. The maximum absolute atomic E-state index is 6.00. The molecule has 4 fully saturated rings. The SMILES string of the molecule is CC1(C)OCC([C@H]2O[C@@H]3OC(C)(C)O[C@@H]3[C@@]23CO3)O1. The quantitative estimate of drug-likeness (QED) is 0.658. The summed E-state index contributed by atoms with van der Waals surface area (Å²) in [4.78, 5) is 0. The van der Waals surface area contributed by atoms with Crippen LogP contribution in [0.2, 0.25) is 0 Å². The van der Waals surface area contributed by atoms with Crippen molar-refractivity contribution < 1.29 is 28.4 Å². The third-order valence-corrected chi connectivity index (χ3v) is 4.15. The van der Waals surface area contributed by atoms with E-state index >= 15 is 0 Å². The lowest BCUT2D eigenvalue weighted by atomic mass is 9.95. The molecule has 0 aliphatic carbocycles. The van der Waals surface area contributed by atoms with Crippen molar-refractivity contribution in [3.05, 3.63) is 0 Å². The summed E-state index contributed by atoms with van der Waals surface area (Å²) >= 11 is 0. The molecule has 1 spiro atoms. The molecule has 6 heteroatoms. The molecule has 0 aromatic heterocycles. The maximum atomic E-state index is 6.00. The molecule has 0 saturated carbocycles. The van der Waals surface area contributed by atoms with E-state index in [1.54, 1.807) is 0 Å². The summed E-state index contributed by atoms with van der Waals surface area (Å²) in [7, 11) is 0. The molecule has 4 heterocycles. The first-order valence-electron chi connectivity index (χ1n) is 6.78. The van der Waals surface area contributed by atoms with Crippen LogP contribution in [0.1, 0.15) is 27.7 Å². The van der Waals surface area contributed by atoms with Gasteiger partial charge in [-0.15, -0.1) is 0 Å². The van der Waals surface area contributed by atoms with Gasteiger partial charge in [0.2, 0.25) is 0 Å². The van der Waals surface area contributed by atoms with Crippen molar-refractivity contribution in [1.82, 2.24) is 0 Å². The van der Waals surface area contributed by atoms with Gasteiger partial charge in [-0.3, -0.25) is 0 Å². The van der Waals surface area contributed by atoms with E-state index in [0.29, 0.717) is 13.2 Å². The summed E-state index contributed by atoms with van der Waals surface area (Å²) in [5.41, 5.74) is -0.424. The summed E-state index contributed by atoms with van der Waals surface area (Å²) in [6.45, 7) is 8.71. The fourth-order valence-electron chi connectivity index (χ4n) is 3.26. The van der Waals surface area contributed by atoms with Gasteiger partial charge in [0.05, 0.1) is 13.2 Å². The molecule has 19 heavy (non-hydrogen) atoms. The number of fused-ring (bicyclic) bond motifs is 2. The molecule has 0 N–H and O–H groups in total. The van der Waals surface area contributed by atoms with E-state index in [4.69, 9.17) is 28.4 Å². The van der Waals surface area contributed by atoms with Crippen LogP contribution in [0.3, 0.4) is 0 Å². The topological polar surface area (TPSA) is 58.7 Å². The lowest BCUT2D eigenvalue weighted by Gasteiger charge is -2.27. The Morgan fingerprint density at radius 3 is 2.16 bits per heavy atom. The van der Waals surface area contributed by atoms with Gasteiger partial charge in [0.25, 0.3) is 0 Å². The molecule has 4 rings (SSSR count). The van der Waals surface area contributed by atoms with Gasteiger partial charge in [-0.2, -0.15) is 0 Å². The van der Waals surface area contributed by atoms with Crippen LogP contribution >= 0.6 is 0 Å². The molecule has 6 nitrogen and oxygen atoms in total. The van der Waals surface area contributed by atoms with Gasteiger partial charge in [0.15, 0.2) is 23.5 Å². The second kappa shape index (κ2) is 3.50. The molecule has 1 unspecified atom stereocenters. The van der Waals surface area contributed by atoms with E-state index in [9.17, 15) is 0 Å². The number of rotatable bonds is 1. The summed E-state index contributed by atoms with van der Waals surface area (Å²) in [6.07, 6.45) is -0.895. The fraction of sp³-hybridized carbons (Fsp3) is 1.00. The normalized spacial score (nSPS) is 53.7. The highest BCUT2D eigenvalue weighted by Crippen LogP contribution is 2.53. The lowest BCUT2D eigenvalue weighted by Crippen LogP contribution is -2.45. The Labute approximate surface area is 112 Å². The Kier molecular flexibility index (Phi) is 2.30. The summed E-state index contributed by atoms with van der Waals surface area (Å²) in [5, 5.41) is 0. The monoisotopic (exact) mass is 272 g/mol. The highest BCUT2D eigenvalue weighted by atomic mass is 16.9. The molecule has 5 atom stereocenters. The van der Waals surface area contributed by atoms with Crippen LogP contribution in [-0.4, -0.2) is 55.0 Å². The highest BCUT2D eigenvalue weighted by Gasteiger charge is 2.73. The van der Waals surface area contributed by atoms with Crippen LogP contribution in [0.4, 0.5) is 0 Å². The zero-order valence-electron chi connectivity index (χ0n) is 11.7. The lowest BCUT2D eigenvalue weighted by molar-refractivity contribution is -0.228. The van der Waals surface area contributed by atoms with E-state index < -0.39 is 17.2 Å². The van der Waals surface area contributed by atoms with Gasteiger partial charge in [0.1, 0.15) is 18.3 Å². The molecular formula is C13H20O6. The largest absolute Gasteiger partial charge is 0.364 e. The van der Waals surface area contributed by atoms with Crippen LogP contribution in [0.15, 0.2) is 0 Å². The van der Waals surface area contributed by atoms with E-state index in [1.165, 1.54) is 0 Å². The number of ether oxygens (including phenoxy) is 6. The number of epoxide rings is 1. The van der Waals surface area contributed by atoms with E-state index in [0.717, 1.165) is 0 Å². The van der Waals surface area contributed by atoms with Gasteiger partial charge < -0.3 is 28.4 Å². The van der Waals surface area contributed by atoms with Gasteiger partial charge >= 0.3 is 0 Å². The van der Waals surface area contributed by atoms with E-state index in [1.807, 2.05) is 27.7 Å². The first kappa shape index (κ1) is 12.5. The number of hydrogen-bond acceptors (Lipinski definition) is 6. The molecule has 108 valence electrons. The average Bonchev–Trinajstić information content (AvgIpc) is 2.82. The Bertz CT molecular complexity index is 402. The van der Waals surface area contributed by atoms with Crippen molar-refractivity contribution in [3.63, 3.8) is 0 Å². The molecule has 4 saturated heterocycles. The maximum Gasteiger partial charge on any atom is 0.190 e. The smallest absolute Gasteiger partial charge is 0.190 e. The van der Waals surface area contributed by atoms with Gasteiger partial charge in [-0.1, -0.05) is 0 Å². The van der Waals surface area contributed by atoms with Crippen LogP contribution in [-0.2, 0) is 28.4 Å². The predicted octanol–water partition coefficient (Wildman–Crippen LogP) is 0.783.